The largest absolute Gasteiger partial charge is 0.406 e. The van der Waals surface area contributed by atoms with E-state index in [0.29, 0.717) is 17.8 Å². The van der Waals surface area contributed by atoms with Crippen LogP contribution in [-0.4, -0.2) is 29.8 Å². The molecule has 0 aliphatic rings. The van der Waals surface area contributed by atoms with Crippen molar-refractivity contribution in [1.82, 2.24) is 15.5 Å². The Morgan fingerprint density at radius 3 is 2.50 bits per heavy atom. The fourth-order valence-electron chi connectivity index (χ4n) is 1.77. The number of rotatable bonds is 8. The molecule has 0 bridgehead atoms. The Hall–Kier alpha value is -1.10. The quantitative estimate of drug-likeness (QED) is 0.773. The van der Waals surface area contributed by atoms with Crippen LogP contribution in [0.2, 0.25) is 0 Å². The van der Waals surface area contributed by atoms with Gasteiger partial charge in [-0.3, -0.25) is 0 Å². The van der Waals surface area contributed by atoms with E-state index in [9.17, 15) is 0 Å². The summed E-state index contributed by atoms with van der Waals surface area (Å²) in [4.78, 5) is 2.14. The first-order valence-corrected chi connectivity index (χ1v) is 6.93. The van der Waals surface area contributed by atoms with Crippen LogP contribution >= 0.6 is 0 Å². The summed E-state index contributed by atoms with van der Waals surface area (Å²) in [5.74, 6) is 1.29. The van der Waals surface area contributed by atoms with E-state index in [1.807, 2.05) is 6.92 Å². The molecule has 5 nitrogen and oxygen atoms in total. The first kappa shape index (κ1) is 15.0. The highest BCUT2D eigenvalue weighted by molar-refractivity contribution is 5.23. The maximum Gasteiger partial charge on any atom is 0.318 e. The molecule has 0 aromatic carbocycles. The predicted molar refractivity (Wildman–Crippen MR) is 73.7 cm³/mol. The van der Waals surface area contributed by atoms with Crippen LogP contribution in [0.3, 0.4) is 0 Å². The van der Waals surface area contributed by atoms with E-state index >= 15 is 0 Å². The van der Waals surface area contributed by atoms with E-state index in [-0.39, 0.29) is 6.04 Å². The van der Waals surface area contributed by atoms with Gasteiger partial charge in [0.15, 0.2) is 0 Å². The number of nitrogens with one attached hydrogen (secondary N) is 1. The molecule has 1 aromatic rings. The smallest absolute Gasteiger partial charge is 0.318 e. The van der Waals surface area contributed by atoms with Crippen molar-refractivity contribution >= 4 is 6.01 Å². The highest BCUT2D eigenvalue weighted by atomic mass is 16.4. The van der Waals surface area contributed by atoms with Gasteiger partial charge in [0, 0.05) is 13.1 Å². The minimum absolute atomic E-state index is 0.110. The van der Waals surface area contributed by atoms with Gasteiger partial charge >= 0.3 is 6.01 Å². The molecule has 18 heavy (non-hydrogen) atoms. The minimum Gasteiger partial charge on any atom is -0.406 e. The topological polar surface area (TPSA) is 54.2 Å². The van der Waals surface area contributed by atoms with E-state index in [2.05, 4.69) is 48.1 Å². The van der Waals surface area contributed by atoms with Crippen LogP contribution < -0.4 is 10.2 Å². The van der Waals surface area contributed by atoms with E-state index in [0.717, 1.165) is 26.1 Å². The molecule has 0 fully saturated rings. The molecule has 5 heteroatoms. The molecule has 1 rings (SSSR count). The van der Waals surface area contributed by atoms with Gasteiger partial charge in [0.2, 0.25) is 5.89 Å². The second kappa shape index (κ2) is 7.36. The number of nitrogens with zero attached hydrogens (tertiary/aromatic N) is 3. The molecule has 1 N–H and O–H groups in total. The molecule has 0 radical (unpaired) electrons. The van der Waals surface area contributed by atoms with Crippen molar-refractivity contribution in [3.63, 3.8) is 0 Å². The molecule has 104 valence electrons. The van der Waals surface area contributed by atoms with Crippen molar-refractivity contribution in [3.8, 4) is 0 Å². The van der Waals surface area contributed by atoms with Gasteiger partial charge in [0.1, 0.15) is 0 Å². The molecule has 0 saturated carbocycles. The fourth-order valence-corrected chi connectivity index (χ4v) is 1.77. The van der Waals surface area contributed by atoms with Crippen molar-refractivity contribution < 1.29 is 4.42 Å². The number of aromatic nitrogens is 2. The Kier molecular flexibility index (Phi) is 6.12. The highest BCUT2D eigenvalue weighted by Gasteiger charge is 2.17. The third-order valence-electron chi connectivity index (χ3n) is 3.19. The maximum atomic E-state index is 5.74. The van der Waals surface area contributed by atoms with Crippen molar-refractivity contribution in [1.29, 1.82) is 0 Å². The monoisotopic (exact) mass is 254 g/mol. The number of hydrogen-bond acceptors (Lipinski definition) is 5. The zero-order valence-electron chi connectivity index (χ0n) is 12.2. The third-order valence-corrected chi connectivity index (χ3v) is 3.19. The van der Waals surface area contributed by atoms with Gasteiger partial charge in [0.05, 0.1) is 6.04 Å². The summed E-state index contributed by atoms with van der Waals surface area (Å²) < 4.78 is 5.74. The van der Waals surface area contributed by atoms with Gasteiger partial charge in [-0.1, -0.05) is 32.3 Å². The standard InChI is InChI=1S/C13H26N4O/c1-6-10(4)9-17(8-3)13-16-15-12(18-13)11(5)14-7-2/h10-11,14H,6-9H2,1-5H3. The van der Waals surface area contributed by atoms with E-state index in [1.54, 1.807) is 0 Å². The van der Waals surface area contributed by atoms with Crippen molar-refractivity contribution in [2.75, 3.05) is 24.5 Å². The van der Waals surface area contributed by atoms with Gasteiger partial charge in [-0.15, -0.1) is 5.10 Å². The lowest BCUT2D eigenvalue weighted by Gasteiger charge is -2.21. The molecule has 0 saturated heterocycles. The molecule has 0 aliphatic carbocycles. The first-order chi connectivity index (χ1) is 8.62. The number of anilines is 1. The lowest BCUT2D eigenvalue weighted by Crippen LogP contribution is -2.28. The molecular formula is C13H26N4O. The van der Waals surface area contributed by atoms with E-state index < -0.39 is 0 Å². The van der Waals surface area contributed by atoms with E-state index in [1.165, 1.54) is 0 Å². The Labute approximate surface area is 110 Å². The predicted octanol–water partition coefficient (Wildman–Crippen LogP) is 2.61. The van der Waals surface area contributed by atoms with E-state index in [4.69, 9.17) is 4.42 Å². The lowest BCUT2D eigenvalue weighted by molar-refractivity contribution is 0.413. The van der Waals surface area contributed by atoms with Crippen LogP contribution in [-0.2, 0) is 0 Å². The highest BCUT2D eigenvalue weighted by Crippen LogP contribution is 2.18. The molecule has 0 spiro atoms. The molecule has 0 amide bonds. The summed E-state index contributed by atoms with van der Waals surface area (Å²) >= 11 is 0. The Morgan fingerprint density at radius 1 is 1.22 bits per heavy atom. The van der Waals surface area contributed by atoms with Gasteiger partial charge in [-0.25, -0.2) is 0 Å². The second-order valence-electron chi connectivity index (χ2n) is 4.75. The van der Waals surface area contributed by atoms with Crippen molar-refractivity contribution in [3.05, 3.63) is 5.89 Å². The summed E-state index contributed by atoms with van der Waals surface area (Å²) in [6, 6.07) is 0.746. The Morgan fingerprint density at radius 2 is 1.94 bits per heavy atom. The maximum absolute atomic E-state index is 5.74. The minimum atomic E-state index is 0.110. The molecule has 2 atom stereocenters. The average Bonchev–Trinajstić information content (AvgIpc) is 2.85. The normalized spacial score (nSPS) is 14.5. The Balaban J connectivity index is 2.69. The third kappa shape index (κ3) is 3.98. The summed E-state index contributed by atoms with van der Waals surface area (Å²) in [6.07, 6.45) is 1.16. The second-order valence-corrected chi connectivity index (χ2v) is 4.75. The van der Waals surface area contributed by atoms with Crippen LogP contribution in [0.1, 0.15) is 53.0 Å². The molecule has 1 aromatic heterocycles. The fraction of sp³-hybridized carbons (Fsp3) is 0.846. The van der Waals surface area contributed by atoms with Gasteiger partial charge in [0.25, 0.3) is 0 Å². The molecular weight excluding hydrogens is 228 g/mol. The summed E-state index contributed by atoms with van der Waals surface area (Å²) in [5, 5.41) is 11.5. The summed E-state index contributed by atoms with van der Waals surface area (Å²) in [5.41, 5.74) is 0. The van der Waals surface area contributed by atoms with Crippen molar-refractivity contribution in [2.24, 2.45) is 5.92 Å². The van der Waals surface area contributed by atoms with Crippen LogP contribution in [0, 0.1) is 5.92 Å². The van der Waals surface area contributed by atoms with Crippen LogP contribution in [0.15, 0.2) is 4.42 Å². The molecule has 2 unspecified atom stereocenters. The summed E-state index contributed by atoms with van der Waals surface area (Å²) in [7, 11) is 0. The number of hydrogen-bond donors (Lipinski definition) is 1. The SMILES string of the molecule is CCNC(C)c1nnc(N(CC)CC(C)CC)o1. The molecule has 0 aliphatic heterocycles. The van der Waals surface area contributed by atoms with Crippen LogP contribution in [0.5, 0.6) is 0 Å². The van der Waals surface area contributed by atoms with Crippen LogP contribution in [0.25, 0.3) is 0 Å². The zero-order chi connectivity index (χ0) is 13.5. The van der Waals surface area contributed by atoms with Gasteiger partial charge in [-0.05, 0) is 26.3 Å². The van der Waals surface area contributed by atoms with Crippen LogP contribution in [0.4, 0.5) is 6.01 Å². The Bertz CT molecular complexity index is 339. The first-order valence-electron chi connectivity index (χ1n) is 6.93. The van der Waals surface area contributed by atoms with Gasteiger partial charge < -0.3 is 14.6 Å². The van der Waals surface area contributed by atoms with Crippen molar-refractivity contribution in [2.45, 2.75) is 47.1 Å². The summed E-state index contributed by atoms with van der Waals surface area (Å²) in [6.45, 7) is 13.4. The average molecular weight is 254 g/mol. The lowest BCUT2D eigenvalue weighted by atomic mass is 10.1. The van der Waals surface area contributed by atoms with Gasteiger partial charge in [-0.2, -0.15) is 0 Å². The molecule has 1 heterocycles. The zero-order valence-corrected chi connectivity index (χ0v) is 12.2.